The highest BCUT2D eigenvalue weighted by molar-refractivity contribution is 8.33. The molecule has 3 aromatic carbocycles. The van der Waals surface area contributed by atoms with Crippen molar-refractivity contribution < 1.29 is 42.8 Å². The van der Waals surface area contributed by atoms with Crippen LogP contribution in [0.15, 0.2) is 87.5 Å². The largest absolute Gasteiger partial charge is 0.461 e. The van der Waals surface area contributed by atoms with E-state index in [2.05, 4.69) is 0 Å². The molecular weight excluding hydrogens is 533 g/mol. The molecule has 196 valence electrons. The lowest BCUT2D eigenvalue weighted by molar-refractivity contribution is -0.333. The van der Waals surface area contributed by atoms with Crippen molar-refractivity contribution in [3.63, 3.8) is 0 Å². The van der Waals surface area contributed by atoms with Crippen molar-refractivity contribution in [1.82, 2.24) is 0 Å². The van der Waals surface area contributed by atoms with Gasteiger partial charge in [0.2, 0.25) is 0 Å². The monoisotopic (exact) mass is 554 g/mol. The summed E-state index contributed by atoms with van der Waals surface area (Å²) >= 11 is 0. The second-order valence-corrected chi connectivity index (χ2v) is 12.6. The molecule has 0 bridgehead atoms. The fourth-order valence-corrected chi connectivity index (χ4v) is 8.38. The number of alkyl halides is 7. The lowest BCUT2D eigenvalue weighted by atomic mass is 10.2. The third-order valence-electron chi connectivity index (χ3n) is 5.29. The number of halogens is 7. The minimum Gasteiger partial charge on any atom is -0.202 e. The van der Waals surface area contributed by atoms with Crippen LogP contribution in [-0.2, 0) is 13.7 Å². The molecule has 0 saturated heterocycles. The van der Waals surface area contributed by atoms with Crippen molar-refractivity contribution in [3.05, 3.63) is 89.5 Å². The molecule has 0 amide bonds. The molecule has 0 aliphatic rings. The lowest BCUT2D eigenvalue weighted by Gasteiger charge is -2.41. The molecule has 0 saturated carbocycles. The van der Waals surface area contributed by atoms with E-state index in [1.807, 2.05) is 0 Å². The first-order valence-electron chi connectivity index (χ1n) is 10.3. The topological polar surface area (TPSA) is 43.4 Å². The molecule has 0 atom stereocenters. The van der Waals surface area contributed by atoms with Crippen LogP contribution in [0.4, 0.5) is 30.7 Å². The summed E-state index contributed by atoms with van der Waals surface area (Å²) in [5.74, 6) is -6.92. The van der Waals surface area contributed by atoms with Gasteiger partial charge in [0.15, 0.2) is 0 Å². The molecule has 3 aromatic rings. The molecule has 3 nitrogen and oxygen atoms in total. The molecule has 3 rings (SSSR count). The molecule has 0 aromatic heterocycles. The number of benzene rings is 3. The van der Waals surface area contributed by atoms with Gasteiger partial charge in [-0.2, -0.15) is 39.2 Å². The van der Waals surface area contributed by atoms with Gasteiger partial charge in [0.05, 0.1) is 0 Å². The second-order valence-electron chi connectivity index (χ2n) is 8.11. The van der Waals surface area contributed by atoms with Gasteiger partial charge in [-0.25, -0.2) is 3.63 Å². The lowest BCUT2D eigenvalue weighted by Crippen LogP contribution is -2.56. The van der Waals surface area contributed by atoms with Gasteiger partial charge in [-0.05, 0) is 67.5 Å². The van der Waals surface area contributed by atoms with E-state index in [0.717, 1.165) is 0 Å². The number of aryl methyl sites for hydroxylation is 3. The van der Waals surface area contributed by atoms with Gasteiger partial charge in [-0.15, -0.1) is 0 Å². The summed E-state index contributed by atoms with van der Waals surface area (Å²) in [4.78, 5) is -0.0125. The predicted octanol–water partition coefficient (Wildman–Crippen LogP) is 7.95. The van der Waals surface area contributed by atoms with Crippen molar-refractivity contribution in [1.29, 1.82) is 0 Å². The van der Waals surface area contributed by atoms with Crippen molar-refractivity contribution in [2.45, 2.75) is 52.8 Å². The summed E-state index contributed by atoms with van der Waals surface area (Å²) in [5.41, 5.74) is 2.07. The van der Waals surface area contributed by atoms with Crippen molar-refractivity contribution in [3.8, 4) is 0 Å². The van der Waals surface area contributed by atoms with Gasteiger partial charge < -0.3 is 0 Å². The maximum Gasteiger partial charge on any atom is 0.461 e. The molecule has 0 N–H and O–H groups in total. The van der Waals surface area contributed by atoms with Crippen LogP contribution in [0.5, 0.6) is 0 Å². The molecule has 0 unspecified atom stereocenters. The summed E-state index contributed by atoms with van der Waals surface area (Å²) in [6.45, 7) is 5.07. The van der Waals surface area contributed by atoms with E-state index >= 15 is 0 Å². The highest BCUT2D eigenvalue weighted by Gasteiger charge is 2.80. The summed E-state index contributed by atoms with van der Waals surface area (Å²) in [6.07, 6.45) is -6.86. The van der Waals surface area contributed by atoms with E-state index in [-0.39, 0.29) is 14.7 Å². The molecule has 36 heavy (non-hydrogen) atoms. The fourth-order valence-electron chi connectivity index (χ4n) is 3.21. The highest BCUT2D eigenvalue weighted by Crippen LogP contribution is 2.71. The van der Waals surface area contributed by atoms with Crippen LogP contribution in [0.2, 0.25) is 0 Å². The maximum atomic E-state index is 14.6. The van der Waals surface area contributed by atoms with Gasteiger partial charge in [0.1, 0.15) is 0 Å². The molecule has 0 aliphatic heterocycles. The van der Waals surface area contributed by atoms with E-state index in [1.54, 1.807) is 20.8 Å². The van der Waals surface area contributed by atoms with Crippen molar-refractivity contribution in [2.24, 2.45) is 0 Å². The van der Waals surface area contributed by atoms with E-state index in [1.165, 1.54) is 72.8 Å². The normalized spacial score (nSPS) is 14.1. The average molecular weight is 555 g/mol. The van der Waals surface area contributed by atoms with Gasteiger partial charge in [-0.3, -0.25) is 0 Å². The number of rotatable bonds is 7. The Labute approximate surface area is 205 Å². The van der Waals surface area contributed by atoms with Crippen LogP contribution in [-0.4, -0.2) is 25.8 Å². The average Bonchev–Trinajstić information content (AvgIpc) is 2.78. The SMILES string of the molecule is Cc1ccc(S(OS(=O)(=O)C(F)(F)C(F)(F)C(F)(F)F)(c2ccc(C)cc2)c2ccc(C)cc2)cc1. The van der Waals surface area contributed by atoms with Crippen LogP contribution >= 0.6 is 10.3 Å². The zero-order valence-corrected chi connectivity index (χ0v) is 20.7. The first kappa shape index (κ1) is 28.0. The van der Waals surface area contributed by atoms with Crippen molar-refractivity contribution in [2.75, 3.05) is 0 Å². The molecule has 0 heterocycles. The van der Waals surface area contributed by atoms with Crippen molar-refractivity contribution >= 4 is 20.4 Å². The van der Waals surface area contributed by atoms with Crippen LogP contribution < -0.4 is 0 Å². The molecule has 12 heteroatoms. The highest BCUT2D eigenvalue weighted by atomic mass is 32.3. The minimum absolute atomic E-state index is 0.00416. The third kappa shape index (κ3) is 4.73. The Morgan fingerprint density at radius 3 is 1.08 bits per heavy atom. The van der Waals surface area contributed by atoms with Gasteiger partial charge in [0, 0.05) is 14.7 Å². The molecule has 0 radical (unpaired) electrons. The first-order valence-corrected chi connectivity index (χ1v) is 13.2. The number of hydrogen-bond acceptors (Lipinski definition) is 3. The zero-order valence-electron chi connectivity index (χ0n) is 19.1. The quantitative estimate of drug-likeness (QED) is 0.279. The van der Waals surface area contributed by atoms with E-state index in [0.29, 0.717) is 16.7 Å². The molecule has 0 fully saturated rings. The zero-order chi connectivity index (χ0) is 27.2. The van der Waals surface area contributed by atoms with E-state index in [4.69, 9.17) is 3.63 Å². The summed E-state index contributed by atoms with van der Waals surface area (Å²) in [6, 6.07) is 17.2. The summed E-state index contributed by atoms with van der Waals surface area (Å²) in [7, 11) is -10.7. The summed E-state index contributed by atoms with van der Waals surface area (Å²) in [5, 5.41) is -6.63. The predicted molar refractivity (Wildman–Crippen MR) is 122 cm³/mol. The smallest absolute Gasteiger partial charge is 0.202 e. The Morgan fingerprint density at radius 2 is 0.833 bits per heavy atom. The van der Waals surface area contributed by atoms with Gasteiger partial charge in [-0.1, -0.05) is 53.1 Å². The van der Waals surface area contributed by atoms with Crippen LogP contribution in [0.25, 0.3) is 0 Å². The fraction of sp³-hybridized carbons (Fsp3) is 0.250. The summed E-state index contributed by atoms with van der Waals surface area (Å²) < 4.78 is 126. The van der Waals surface area contributed by atoms with Crippen LogP contribution in [0.1, 0.15) is 16.7 Å². The Morgan fingerprint density at radius 1 is 0.556 bits per heavy atom. The van der Waals surface area contributed by atoms with E-state index in [9.17, 15) is 39.2 Å². The second kappa shape index (κ2) is 9.38. The molecular formula is C24H21F7O3S2. The Kier molecular flexibility index (Phi) is 7.30. The Hall–Kier alpha value is -2.57. The van der Waals surface area contributed by atoms with Gasteiger partial charge >= 0.3 is 27.5 Å². The first-order chi connectivity index (χ1) is 16.5. The standard InChI is InChI=1S/C24H21F7O3S2/c1-16-4-10-19(11-5-16)35(20-12-6-17(2)7-13-20,21-14-8-18(3)9-15-21)34-36(32,33)24(30,31)22(25,26)23(27,28)29/h4-15H,1-3H3. The Bertz CT molecular complexity index is 1210. The Balaban J connectivity index is 2.39. The maximum absolute atomic E-state index is 14.6. The molecule has 0 aliphatic carbocycles. The van der Waals surface area contributed by atoms with Crippen LogP contribution in [0.3, 0.4) is 0 Å². The van der Waals surface area contributed by atoms with E-state index < -0.39 is 37.8 Å². The van der Waals surface area contributed by atoms with Gasteiger partial charge in [0.25, 0.3) is 0 Å². The molecule has 0 spiro atoms. The third-order valence-corrected chi connectivity index (χ3v) is 10.5. The number of hydrogen-bond donors (Lipinski definition) is 0. The van der Waals surface area contributed by atoms with Crippen LogP contribution in [0, 0.1) is 20.8 Å². The minimum atomic E-state index is -6.92.